The van der Waals surface area contributed by atoms with Gasteiger partial charge in [-0.25, -0.2) is 5.01 Å². The second-order valence-corrected chi connectivity index (χ2v) is 10.0. The third kappa shape index (κ3) is 5.48. The molecule has 36 heavy (non-hydrogen) atoms. The number of hydrogen-bond donors (Lipinski definition) is 0. The summed E-state index contributed by atoms with van der Waals surface area (Å²) < 4.78 is 5.64. The number of para-hydroxylation sites is 1. The van der Waals surface area contributed by atoms with Crippen molar-refractivity contribution in [2.24, 2.45) is 11.0 Å². The lowest BCUT2D eigenvalue weighted by Gasteiger charge is -2.33. The highest BCUT2D eigenvalue weighted by Crippen LogP contribution is 2.38. The fraction of sp³-hybridized carbons (Fsp3) is 0.333. The first kappa shape index (κ1) is 24.5. The van der Waals surface area contributed by atoms with Crippen LogP contribution in [0.4, 0.5) is 0 Å². The molecule has 0 bridgehead atoms. The van der Waals surface area contributed by atoms with E-state index >= 15 is 0 Å². The summed E-state index contributed by atoms with van der Waals surface area (Å²) in [5, 5.41) is 7.12. The number of ether oxygens (including phenoxy) is 1. The number of hydrogen-bond acceptors (Lipinski definition) is 4. The van der Waals surface area contributed by atoms with Crippen molar-refractivity contribution in [1.82, 2.24) is 9.91 Å². The molecule has 3 aromatic carbocycles. The smallest absolute Gasteiger partial charge is 0.257 e. The molecule has 0 spiro atoms. The van der Waals surface area contributed by atoms with Gasteiger partial charge in [0.25, 0.3) is 5.91 Å². The quantitative estimate of drug-likeness (QED) is 0.400. The zero-order valence-electron chi connectivity index (χ0n) is 20.6. The first-order valence-corrected chi connectivity index (χ1v) is 13.0. The summed E-state index contributed by atoms with van der Waals surface area (Å²) in [6.07, 6.45) is 3.91. The zero-order valence-corrected chi connectivity index (χ0v) is 21.4. The summed E-state index contributed by atoms with van der Waals surface area (Å²) in [4.78, 5) is 15.9. The van der Waals surface area contributed by atoms with Crippen LogP contribution in [0.1, 0.15) is 42.0 Å². The maximum atomic E-state index is 13.6. The molecule has 2 aliphatic heterocycles. The van der Waals surface area contributed by atoms with Gasteiger partial charge in [-0.2, -0.15) is 5.10 Å². The minimum Gasteiger partial charge on any atom is -0.496 e. The number of methoxy groups -OCH3 is 1. The normalized spacial score (nSPS) is 18.8. The van der Waals surface area contributed by atoms with E-state index < -0.39 is 0 Å². The summed E-state index contributed by atoms with van der Waals surface area (Å²) >= 11 is 6.49. The Morgan fingerprint density at radius 3 is 2.42 bits per heavy atom. The maximum absolute atomic E-state index is 13.6. The van der Waals surface area contributed by atoms with Crippen LogP contribution in [-0.4, -0.2) is 48.3 Å². The molecular formula is C30H32ClN3O2. The molecule has 2 heterocycles. The van der Waals surface area contributed by atoms with Gasteiger partial charge in [-0.3, -0.25) is 9.69 Å². The van der Waals surface area contributed by atoms with Crippen LogP contribution in [0.5, 0.6) is 5.75 Å². The molecule has 6 heteroatoms. The number of carbonyl (C=O) groups is 1. The lowest BCUT2D eigenvalue weighted by Crippen LogP contribution is -2.42. The van der Waals surface area contributed by atoms with Crippen LogP contribution in [0.25, 0.3) is 0 Å². The number of rotatable bonds is 7. The molecule has 0 aliphatic carbocycles. The topological polar surface area (TPSA) is 45.1 Å². The summed E-state index contributed by atoms with van der Waals surface area (Å²) in [6.45, 7) is 2.22. The lowest BCUT2D eigenvalue weighted by molar-refractivity contribution is -0.134. The van der Waals surface area contributed by atoms with E-state index in [1.165, 1.54) is 5.56 Å². The molecule has 1 unspecified atom stereocenters. The first-order valence-electron chi connectivity index (χ1n) is 12.7. The van der Waals surface area contributed by atoms with Crippen LogP contribution in [0.3, 0.4) is 0 Å². The number of amides is 1. The monoisotopic (exact) mass is 501 g/mol. The van der Waals surface area contributed by atoms with Gasteiger partial charge in [0.2, 0.25) is 0 Å². The first-order chi connectivity index (χ1) is 17.6. The molecule has 5 nitrogen and oxygen atoms in total. The number of likely N-dealkylation sites (tertiary alicyclic amines) is 1. The second kappa shape index (κ2) is 11.3. The van der Waals surface area contributed by atoms with E-state index in [-0.39, 0.29) is 11.9 Å². The summed E-state index contributed by atoms with van der Waals surface area (Å²) in [5.74, 6) is 1.43. The molecule has 2 aliphatic rings. The van der Waals surface area contributed by atoms with Crippen LogP contribution in [0, 0.1) is 5.92 Å². The van der Waals surface area contributed by atoms with E-state index in [1.807, 2.05) is 48.5 Å². The number of carbonyl (C=O) groups excluding carboxylic acids is 1. The van der Waals surface area contributed by atoms with Gasteiger partial charge in [0.15, 0.2) is 0 Å². The van der Waals surface area contributed by atoms with E-state index in [0.29, 0.717) is 23.9 Å². The lowest BCUT2D eigenvalue weighted by atomic mass is 9.90. The zero-order chi connectivity index (χ0) is 24.9. The van der Waals surface area contributed by atoms with E-state index in [1.54, 1.807) is 12.1 Å². The molecule has 1 amide bonds. The van der Waals surface area contributed by atoms with Gasteiger partial charge in [0, 0.05) is 22.6 Å². The van der Waals surface area contributed by atoms with Gasteiger partial charge < -0.3 is 4.74 Å². The molecular weight excluding hydrogens is 470 g/mol. The Hall–Kier alpha value is -3.15. The Bertz CT molecular complexity index is 1220. The van der Waals surface area contributed by atoms with Crippen LogP contribution < -0.4 is 4.74 Å². The van der Waals surface area contributed by atoms with E-state index in [9.17, 15) is 4.79 Å². The summed E-state index contributed by atoms with van der Waals surface area (Å²) in [7, 11) is 1.66. The van der Waals surface area contributed by atoms with Crippen LogP contribution >= 0.6 is 11.6 Å². The largest absolute Gasteiger partial charge is 0.496 e. The Morgan fingerprint density at radius 2 is 1.67 bits per heavy atom. The average molecular weight is 502 g/mol. The highest BCUT2D eigenvalue weighted by atomic mass is 35.5. The van der Waals surface area contributed by atoms with Gasteiger partial charge in [-0.05, 0) is 56.0 Å². The minimum atomic E-state index is -0.226. The molecule has 186 valence electrons. The van der Waals surface area contributed by atoms with E-state index in [0.717, 1.165) is 54.9 Å². The van der Waals surface area contributed by atoms with Crippen molar-refractivity contribution in [1.29, 1.82) is 0 Å². The van der Waals surface area contributed by atoms with Gasteiger partial charge in [0.05, 0.1) is 25.4 Å². The number of hydrazone groups is 1. The summed E-state index contributed by atoms with van der Waals surface area (Å²) in [5.41, 5.74) is 4.05. The molecule has 1 saturated heterocycles. The number of piperidine rings is 1. The fourth-order valence-corrected chi connectivity index (χ4v) is 5.59. The fourth-order valence-electron chi connectivity index (χ4n) is 5.34. The van der Waals surface area contributed by atoms with Crippen LogP contribution in [-0.2, 0) is 11.2 Å². The Balaban J connectivity index is 1.30. The molecule has 0 aromatic heterocycles. The highest BCUT2D eigenvalue weighted by Gasteiger charge is 2.36. The van der Waals surface area contributed by atoms with Crippen molar-refractivity contribution in [2.45, 2.75) is 31.7 Å². The Kier molecular flexibility index (Phi) is 7.69. The van der Waals surface area contributed by atoms with Crippen molar-refractivity contribution >= 4 is 23.2 Å². The van der Waals surface area contributed by atoms with Gasteiger partial charge in [-0.1, -0.05) is 78.3 Å². The number of nitrogens with zero attached hydrogens (tertiary/aromatic N) is 3. The Labute approximate surface area is 218 Å². The standard InChI is InChI=1S/C30H32ClN3O2/c1-36-29-14-8-6-12-25(29)28-20-27(24-11-5-7-13-26(24)31)32-34(28)30(35)21-33-17-15-23(16-18-33)19-22-9-3-2-4-10-22/h2-14,23,28H,15-21H2,1H3. The SMILES string of the molecule is COc1ccccc1C1CC(c2ccccc2Cl)=NN1C(=O)CN1CCC(Cc2ccccc2)CC1. The molecule has 0 saturated carbocycles. The molecule has 0 radical (unpaired) electrons. The van der Waals surface area contributed by atoms with Gasteiger partial charge in [-0.15, -0.1) is 0 Å². The van der Waals surface area contributed by atoms with Gasteiger partial charge >= 0.3 is 0 Å². The highest BCUT2D eigenvalue weighted by molar-refractivity contribution is 6.34. The van der Waals surface area contributed by atoms with Crippen molar-refractivity contribution in [3.63, 3.8) is 0 Å². The predicted octanol–water partition coefficient (Wildman–Crippen LogP) is 5.98. The maximum Gasteiger partial charge on any atom is 0.257 e. The third-order valence-corrected chi connectivity index (χ3v) is 7.61. The predicted molar refractivity (Wildman–Crippen MR) is 144 cm³/mol. The molecule has 0 N–H and O–H groups in total. The second-order valence-electron chi connectivity index (χ2n) is 9.64. The third-order valence-electron chi connectivity index (χ3n) is 7.28. The molecule has 5 rings (SSSR count). The van der Waals surface area contributed by atoms with Crippen molar-refractivity contribution < 1.29 is 9.53 Å². The minimum absolute atomic E-state index is 0.00877. The number of halogens is 1. The molecule has 1 fully saturated rings. The van der Waals surface area contributed by atoms with Crippen LogP contribution in [0.15, 0.2) is 84.0 Å². The van der Waals surface area contributed by atoms with Crippen LogP contribution in [0.2, 0.25) is 5.02 Å². The molecule has 3 aromatic rings. The summed E-state index contributed by atoms with van der Waals surface area (Å²) in [6, 6.07) is 26.0. The Morgan fingerprint density at radius 1 is 0.972 bits per heavy atom. The van der Waals surface area contributed by atoms with Gasteiger partial charge in [0.1, 0.15) is 5.75 Å². The van der Waals surface area contributed by atoms with E-state index in [4.69, 9.17) is 21.4 Å². The van der Waals surface area contributed by atoms with Crippen molar-refractivity contribution in [3.8, 4) is 5.75 Å². The van der Waals surface area contributed by atoms with Crippen molar-refractivity contribution in [3.05, 3.63) is 101 Å². The van der Waals surface area contributed by atoms with Crippen molar-refractivity contribution in [2.75, 3.05) is 26.7 Å². The molecule has 1 atom stereocenters. The van der Waals surface area contributed by atoms with E-state index in [2.05, 4.69) is 35.2 Å². The average Bonchev–Trinajstić information content (AvgIpc) is 3.36. The number of benzene rings is 3.